The SMILES string of the molecule is Cc1nc(C(=O)Nc2ccc(S(=O)(=O)N3CCOCC3)cc2)c(-c2ccccc2)s1. The lowest BCUT2D eigenvalue weighted by Gasteiger charge is -2.26. The van der Waals surface area contributed by atoms with Gasteiger partial charge in [-0.2, -0.15) is 4.31 Å². The van der Waals surface area contributed by atoms with Crippen molar-refractivity contribution in [1.29, 1.82) is 0 Å². The summed E-state index contributed by atoms with van der Waals surface area (Å²) in [6, 6.07) is 15.8. The van der Waals surface area contributed by atoms with Gasteiger partial charge in [0.25, 0.3) is 5.91 Å². The number of nitrogens with zero attached hydrogens (tertiary/aromatic N) is 2. The molecule has 3 aromatic rings. The molecule has 1 aliphatic heterocycles. The number of aromatic nitrogens is 1. The Bertz CT molecular complexity index is 1140. The average molecular weight is 444 g/mol. The highest BCUT2D eigenvalue weighted by Crippen LogP contribution is 2.30. The molecule has 1 N–H and O–H groups in total. The normalized spacial score (nSPS) is 15.1. The Morgan fingerprint density at radius 3 is 2.40 bits per heavy atom. The Balaban J connectivity index is 1.53. The zero-order valence-electron chi connectivity index (χ0n) is 16.4. The number of carbonyl (C=O) groups is 1. The van der Waals surface area contributed by atoms with Crippen LogP contribution < -0.4 is 5.32 Å². The van der Waals surface area contributed by atoms with Gasteiger partial charge in [-0.3, -0.25) is 4.79 Å². The molecule has 1 saturated heterocycles. The molecule has 1 fully saturated rings. The fraction of sp³-hybridized carbons (Fsp3) is 0.238. The summed E-state index contributed by atoms with van der Waals surface area (Å²) >= 11 is 1.46. The second-order valence-electron chi connectivity index (χ2n) is 6.77. The molecule has 0 radical (unpaired) electrons. The van der Waals surface area contributed by atoms with Crippen molar-refractivity contribution in [2.45, 2.75) is 11.8 Å². The lowest BCUT2D eigenvalue weighted by atomic mass is 10.1. The van der Waals surface area contributed by atoms with Crippen molar-refractivity contribution in [3.05, 3.63) is 65.3 Å². The molecule has 0 spiro atoms. The number of sulfonamides is 1. The average Bonchev–Trinajstić information content (AvgIpc) is 3.17. The van der Waals surface area contributed by atoms with E-state index in [1.165, 1.54) is 27.8 Å². The van der Waals surface area contributed by atoms with E-state index in [4.69, 9.17) is 4.74 Å². The number of ether oxygens (including phenoxy) is 1. The number of aryl methyl sites for hydroxylation is 1. The lowest BCUT2D eigenvalue weighted by Crippen LogP contribution is -2.40. The molecule has 1 amide bonds. The Kier molecular flexibility index (Phi) is 5.96. The fourth-order valence-electron chi connectivity index (χ4n) is 3.20. The molecule has 0 unspecified atom stereocenters. The summed E-state index contributed by atoms with van der Waals surface area (Å²) in [6.45, 7) is 3.33. The second kappa shape index (κ2) is 8.65. The second-order valence-corrected chi connectivity index (χ2v) is 9.91. The Labute approximate surface area is 179 Å². The molecule has 2 aromatic carbocycles. The van der Waals surface area contributed by atoms with Gasteiger partial charge in [-0.25, -0.2) is 13.4 Å². The Morgan fingerprint density at radius 1 is 1.07 bits per heavy atom. The number of thiazole rings is 1. The van der Waals surface area contributed by atoms with Crippen molar-refractivity contribution in [2.75, 3.05) is 31.6 Å². The van der Waals surface area contributed by atoms with Gasteiger partial charge < -0.3 is 10.1 Å². The maximum atomic E-state index is 12.8. The zero-order valence-corrected chi connectivity index (χ0v) is 18.0. The predicted molar refractivity (Wildman–Crippen MR) is 116 cm³/mol. The summed E-state index contributed by atoms with van der Waals surface area (Å²) in [5, 5.41) is 3.61. The molecule has 7 nitrogen and oxygen atoms in total. The first-order valence-corrected chi connectivity index (χ1v) is 11.7. The minimum absolute atomic E-state index is 0.192. The third-order valence-corrected chi connectivity index (χ3v) is 7.64. The highest BCUT2D eigenvalue weighted by molar-refractivity contribution is 7.89. The maximum absolute atomic E-state index is 12.8. The van der Waals surface area contributed by atoms with Crippen LogP contribution >= 0.6 is 11.3 Å². The molecule has 9 heteroatoms. The fourth-order valence-corrected chi connectivity index (χ4v) is 5.53. The van der Waals surface area contributed by atoms with Crippen LogP contribution in [-0.4, -0.2) is 49.9 Å². The van der Waals surface area contributed by atoms with Crippen LogP contribution in [0.15, 0.2) is 59.5 Å². The van der Waals surface area contributed by atoms with Crippen LogP contribution in [0.1, 0.15) is 15.5 Å². The van der Waals surface area contributed by atoms with Gasteiger partial charge in [0.1, 0.15) is 5.69 Å². The van der Waals surface area contributed by atoms with Gasteiger partial charge in [-0.1, -0.05) is 30.3 Å². The first-order chi connectivity index (χ1) is 14.4. The van der Waals surface area contributed by atoms with Crippen LogP contribution in [0.2, 0.25) is 0 Å². The van der Waals surface area contributed by atoms with Crippen molar-refractivity contribution in [3.63, 3.8) is 0 Å². The molecule has 0 bridgehead atoms. The van der Waals surface area contributed by atoms with Gasteiger partial charge >= 0.3 is 0 Å². The molecule has 0 atom stereocenters. The van der Waals surface area contributed by atoms with Crippen LogP contribution in [0.4, 0.5) is 5.69 Å². The van der Waals surface area contributed by atoms with Gasteiger partial charge in [0.15, 0.2) is 0 Å². The molecule has 4 rings (SSSR count). The molecule has 30 heavy (non-hydrogen) atoms. The third-order valence-electron chi connectivity index (χ3n) is 4.71. The van der Waals surface area contributed by atoms with Crippen molar-refractivity contribution in [1.82, 2.24) is 9.29 Å². The van der Waals surface area contributed by atoms with Gasteiger partial charge in [0, 0.05) is 18.8 Å². The van der Waals surface area contributed by atoms with E-state index in [2.05, 4.69) is 10.3 Å². The van der Waals surface area contributed by atoms with E-state index in [0.29, 0.717) is 37.7 Å². The number of benzene rings is 2. The molecule has 156 valence electrons. The van der Waals surface area contributed by atoms with Crippen LogP contribution in [0.3, 0.4) is 0 Å². The number of hydrogen-bond donors (Lipinski definition) is 1. The first-order valence-electron chi connectivity index (χ1n) is 9.47. The topological polar surface area (TPSA) is 88.6 Å². The van der Waals surface area contributed by atoms with Gasteiger partial charge in [-0.05, 0) is 36.8 Å². The molecule has 0 aliphatic carbocycles. The van der Waals surface area contributed by atoms with Gasteiger partial charge in [0.05, 0.1) is 28.0 Å². The van der Waals surface area contributed by atoms with E-state index in [9.17, 15) is 13.2 Å². The number of hydrogen-bond acceptors (Lipinski definition) is 6. The minimum Gasteiger partial charge on any atom is -0.379 e. The molecular weight excluding hydrogens is 422 g/mol. The Hall–Kier alpha value is -2.59. The quantitative estimate of drug-likeness (QED) is 0.653. The van der Waals surface area contributed by atoms with Crippen molar-refractivity contribution >= 4 is 33.0 Å². The van der Waals surface area contributed by atoms with Crippen molar-refractivity contribution < 1.29 is 17.9 Å². The van der Waals surface area contributed by atoms with E-state index in [0.717, 1.165) is 15.4 Å². The third kappa shape index (κ3) is 4.29. The molecule has 1 aromatic heterocycles. The predicted octanol–water partition coefficient (Wildman–Crippen LogP) is 3.39. The summed E-state index contributed by atoms with van der Waals surface area (Å²) in [6.07, 6.45) is 0. The van der Waals surface area contributed by atoms with Crippen LogP contribution in [0.5, 0.6) is 0 Å². The number of rotatable bonds is 5. The molecule has 1 aliphatic rings. The lowest BCUT2D eigenvalue weighted by molar-refractivity contribution is 0.0730. The molecule has 0 saturated carbocycles. The number of morpholine rings is 1. The van der Waals surface area contributed by atoms with Gasteiger partial charge in [0.2, 0.25) is 10.0 Å². The number of amides is 1. The van der Waals surface area contributed by atoms with Crippen molar-refractivity contribution in [2.24, 2.45) is 0 Å². The minimum atomic E-state index is -3.57. The molecule has 2 heterocycles. The molecular formula is C21H21N3O4S2. The highest BCUT2D eigenvalue weighted by Gasteiger charge is 2.26. The number of carbonyl (C=O) groups excluding carboxylic acids is 1. The zero-order chi connectivity index (χ0) is 21.1. The number of nitrogens with one attached hydrogen (secondary N) is 1. The summed E-state index contributed by atoms with van der Waals surface area (Å²) in [5.41, 5.74) is 1.79. The number of anilines is 1. The maximum Gasteiger partial charge on any atom is 0.275 e. The van der Waals surface area contributed by atoms with Gasteiger partial charge in [-0.15, -0.1) is 11.3 Å². The van der Waals surface area contributed by atoms with Crippen LogP contribution in [0.25, 0.3) is 10.4 Å². The summed E-state index contributed by atoms with van der Waals surface area (Å²) in [7, 11) is -3.57. The summed E-state index contributed by atoms with van der Waals surface area (Å²) in [4.78, 5) is 18.2. The monoisotopic (exact) mass is 443 g/mol. The van der Waals surface area contributed by atoms with E-state index in [-0.39, 0.29) is 10.8 Å². The van der Waals surface area contributed by atoms with Crippen molar-refractivity contribution in [3.8, 4) is 10.4 Å². The van der Waals surface area contributed by atoms with E-state index in [1.54, 1.807) is 12.1 Å². The summed E-state index contributed by atoms with van der Waals surface area (Å²) in [5.74, 6) is -0.331. The smallest absolute Gasteiger partial charge is 0.275 e. The summed E-state index contributed by atoms with van der Waals surface area (Å²) < 4.78 is 32.1. The van der Waals surface area contributed by atoms with E-state index >= 15 is 0 Å². The van der Waals surface area contributed by atoms with Crippen LogP contribution in [-0.2, 0) is 14.8 Å². The standard InChI is InChI=1S/C21H21N3O4S2/c1-15-22-19(20(29-15)16-5-3-2-4-6-16)21(25)23-17-7-9-18(10-8-17)30(26,27)24-11-13-28-14-12-24/h2-10H,11-14H2,1H3,(H,23,25). The largest absolute Gasteiger partial charge is 0.379 e. The highest BCUT2D eigenvalue weighted by atomic mass is 32.2. The van der Waals surface area contributed by atoms with E-state index in [1.807, 2.05) is 37.3 Å². The Morgan fingerprint density at radius 2 is 1.73 bits per heavy atom. The first kappa shape index (κ1) is 20.7. The van der Waals surface area contributed by atoms with Crippen LogP contribution in [0, 0.1) is 6.92 Å². The van der Waals surface area contributed by atoms with E-state index < -0.39 is 10.0 Å².